The third-order valence-electron chi connectivity index (χ3n) is 8.04. The second kappa shape index (κ2) is 9.42. The standard InChI is InChI=1S/C26H38N4O2/c1-32-23-14-7-13-22(17-23)30-25(31)28-24(27-21-11-5-6-12-21)26(30)15-8-16-29(19-26)18-20-9-3-2-4-10-20/h7,13-14,17,20-21H,2-6,8-12,15-16,18-19H2,1H3,(H,27,28,31). The van der Waals surface area contributed by atoms with Crippen molar-refractivity contribution >= 4 is 17.6 Å². The summed E-state index contributed by atoms with van der Waals surface area (Å²) in [4.78, 5) is 23.2. The first-order valence-electron chi connectivity index (χ1n) is 12.7. The number of hydrogen-bond donors (Lipinski definition) is 1. The highest BCUT2D eigenvalue weighted by atomic mass is 16.5. The highest BCUT2D eigenvalue weighted by Gasteiger charge is 2.54. The second-order valence-corrected chi connectivity index (χ2v) is 10.3. The molecule has 174 valence electrons. The maximum absolute atomic E-state index is 13.4. The van der Waals surface area contributed by atoms with E-state index in [0.29, 0.717) is 6.04 Å². The van der Waals surface area contributed by atoms with E-state index in [0.717, 1.165) is 68.5 Å². The van der Waals surface area contributed by atoms with Crippen LogP contribution in [0.1, 0.15) is 70.6 Å². The molecular weight excluding hydrogens is 400 g/mol. The zero-order valence-electron chi connectivity index (χ0n) is 19.5. The molecule has 2 amide bonds. The number of piperidine rings is 1. The van der Waals surface area contributed by atoms with Crippen molar-refractivity contribution in [3.8, 4) is 5.75 Å². The Hall–Kier alpha value is -2.08. The van der Waals surface area contributed by atoms with Gasteiger partial charge in [-0.05, 0) is 63.1 Å². The summed E-state index contributed by atoms with van der Waals surface area (Å²) < 4.78 is 5.48. The van der Waals surface area contributed by atoms with Gasteiger partial charge in [0.1, 0.15) is 17.1 Å². The van der Waals surface area contributed by atoms with Crippen molar-refractivity contribution in [3.05, 3.63) is 24.3 Å². The lowest BCUT2D eigenvalue weighted by Crippen LogP contribution is -2.61. The zero-order valence-corrected chi connectivity index (χ0v) is 19.5. The maximum Gasteiger partial charge on any atom is 0.328 e. The van der Waals surface area contributed by atoms with Gasteiger partial charge in [-0.3, -0.25) is 15.2 Å². The van der Waals surface area contributed by atoms with Crippen molar-refractivity contribution in [2.45, 2.75) is 82.2 Å². The minimum Gasteiger partial charge on any atom is -0.497 e. The van der Waals surface area contributed by atoms with Crippen molar-refractivity contribution in [2.75, 3.05) is 31.6 Å². The number of nitrogens with zero attached hydrogens (tertiary/aromatic N) is 3. The van der Waals surface area contributed by atoms with Crippen molar-refractivity contribution < 1.29 is 9.53 Å². The van der Waals surface area contributed by atoms with Crippen LogP contribution in [0.4, 0.5) is 10.5 Å². The van der Waals surface area contributed by atoms with Gasteiger partial charge in [-0.2, -0.15) is 0 Å². The lowest BCUT2D eigenvalue weighted by atomic mass is 9.84. The van der Waals surface area contributed by atoms with Gasteiger partial charge in [-0.15, -0.1) is 0 Å². The Bertz CT molecular complexity index is 844. The van der Waals surface area contributed by atoms with Crippen LogP contribution in [0.3, 0.4) is 0 Å². The molecule has 2 aliphatic heterocycles. The van der Waals surface area contributed by atoms with Crippen LogP contribution >= 0.6 is 0 Å². The molecule has 0 radical (unpaired) electrons. The summed E-state index contributed by atoms with van der Waals surface area (Å²) in [6, 6.07) is 8.23. The number of aliphatic imine (C=N–C) groups is 1. The Labute approximate surface area is 192 Å². The summed E-state index contributed by atoms with van der Waals surface area (Å²) in [6.45, 7) is 3.14. The number of amidine groups is 1. The van der Waals surface area contributed by atoms with Crippen LogP contribution in [0.2, 0.25) is 0 Å². The number of rotatable bonds is 5. The number of anilines is 1. The number of urea groups is 1. The summed E-state index contributed by atoms with van der Waals surface area (Å²) in [6.07, 6.45) is 13.6. The van der Waals surface area contributed by atoms with Gasteiger partial charge in [0.25, 0.3) is 0 Å². The van der Waals surface area contributed by atoms with Gasteiger partial charge in [-0.25, -0.2) is 4.79 Å². The average molecular weight is 439 g/mol. The Morgan fingerprint density at radius 2 is 1.88 bits per heavy atom. The fourth-order valence-corrected chi connectivity index (χ4v) is 6.45. The smallest absolute Gasteiger partial charge is 0.328 e. The van der Waals surface area contributed by atoms with E-state index in [1.165, 1.54) is 44.9 Å². The van der Waals surface area contributed by atoms with E-state index in [9.17, 15) is 4.79 Å². The zero-order chi connectivity index (χ0) is 22.0. The normalized spacial score (nSPS) is 29.2. The van der Waals surface area contributed by atoms with Gasteiger partial charge in [0, 0.05) is 19.2 Å². The molecule has 5 rings (SSSR count). The van der Waals surface area contributed by atoms with Crippen molar-refractivity contribution in [1.29, 1.82) is 0 Å². The number of likely N-dealkylation sites (tertiary alicyclic amines) is 1. The predicted octanol–water partition coefficient (Wildman–Crippen LogP) is 4.98. The van der Waals surface area contributed by atoms with E-state index in [-0.39, 0.29) is 6.03 Å². The van der Waals surface area contributed by atoms with Crippen molar-refractivity contribution in [2.24, 2.45) is 10.9 Å². The van der Waals surface area contributed by atoms with E-state index in [1.807, 2.05) is 29.2 Å². The molecule has 1 N–H and O–H groups in total. The van der Waals surface area contributed by atoms with Crippen LogP contribution in [0.25, 0.3) is 0 Å². The van der Waals surface area contributed by atoms with Crippen LogP contribution in [0.15, 0.2) is 29.3 Å². The third-order valence-corrected chi connectivity index (χ3v) is 8.04. The molecule has 1 aromatic carbocycles. The molecule has 1 unspecified atom stereocenters. The van der Waals surface area contributed by atoms with E-state index in [2.05, 4.69) is 10.2 Å². The van der Waals surface area contributed by atoms with Crippen LogP contribution in [0, 0.1) is 5.92 Å². The summed E-state index contributed by atoms with van der Waals surface area (Å²) in [7, 11) is 1.68. The Balaban J connectivity index is 1.48. The quantitative estimate of drug-likeness (QED) is 0.705. The van der Waals surface area contributed by atoms with Gasteiger partial charge >= 0.3 is 6.03 Å². The number of amides is 2. The molecule has 1 aromatic rings. The van der Waals surface area contributed by atoms with E-state index >= 15 is 0 Å². The average Bonchev–Trinajstić information content (AvgIpc) is 3.41. The fourth-order valence-electron chi connectivity index (χ4n) is 6.45. The highest BCUT2D eigenvalue weighted by Crippen LogP contribution is 2.39. The molecule has 2 heterocycles. The molecule has 2 aliphatic carbocycles. The summed E-state index contributed by atoms with van der Waals surface area (Å²) in [5.74, 6) is 2.48. The third kappa shape index (κ3) is 4.26. The molecular formula is C26H38N4O2. The van der Waals surface area contributed by atoms with Crippen LogP contribution in [-0.2, 0) is 0 Å². The van der Waals surface area contributed by atoms with Crippen molar-refractivity contribution in [3.63, 3.8) is 0 Å². The molecule has 32 heavy (non-hydrogen) atoms. The number of carbonyl (C=O) groups excluding carboxylic acids is 1. The molecule has 4 fully saturated rings. The van der Waals surface area contributed by atoms with Crippen molar-refractivity contribution in [1.82, 2.24) is 10.2 Å². The number of hydrogen-bond acceptors (Lipinski definition) is 4. The molecule has 4 aliphatic rings. The Morgan fingerprint density at radius 3 is 2.66 bits per heavy atom. The molecule has 2 saturated carbocycles. The molecule has 6 heteroatoms. The molecule has 1 atom stereocenters. The first-order valence-corrected chi connectivity index (χ1v) is 12.7. The molecule has 2 saturated heterocycles. The minimum absolute atomic E-state index is 0.0467. The highest BCUT2D eigenvalue weighted by molar-refractivity contribution is 6.19. The molecule has 1 spiro atoms. The Kier molecular flexibility index (Phi) is 6.40. The molecule has 6 nitrogen and oxygen atoms in total. The lowest BCUT2D eigenvalue weighted by molar-refractivity contribution is 0.145. The SMILES string of the molecule is COc1cccc(N2C(=O)NC(=NC3CCCC3)C23CCCN(CC2CCCCC2)C3)c1. The number of methoxy groups -OCH3 is 1. The van der Waals surface area contributed by atoms with Crippen LogP contribution in [-0.4, -0.2) is 55.1 Å². The largest absolute Gasteiger partial charge is 0.497 e. The minimum atomic E-state index is -0.404. The number of carbonyl (C=O) groups is 1. The van der Waals surface area contributed by atoms with E-state index in [1.54, 1.807) is 7.11 Å². The van der Waals surface area contributed by atoms with Gasteiger partial charge in [0.05, 0.1) is 18.8 Å². The number of ether oxygens (including phenoxy) is 1. The summed E-state index contributed by atoms with van der Waals surface area (Å²) in [5, 5.41) is 3.22. The van der Waals surface area contributed by atoms with Crippen LogP contribution in [0.5, 0.6) is 5.75 Å². The first-order chi connectivity index (χ1) is 15.7. The van der Waals surface area contributed by atoms with E-state index < -0.39 is 5.54 Å². The predicted molar refractivity (Wildman–Crippen MR) is 129 cm³/mol. The van der Waals surface area contributed by atoms with Gasteiger partial charge in [0.2, 0.25) is 0 Å². The second-order valence-electron chi connectivity index (χ2n) is 10.3. The first kappa shape index (κ1) is 21.7. The lowest BCUT2D eigenvalue weighted by Gasteiger charge is -2.45. The van der Waals surface area contributed by atoms with Gasteiger partial charge in [-0.1, -0.05) is 38.2 Å². The maximum atomic E-state index is 13.4. The summed E-state index contributed by atoms with van der Waals surface area (Å²) in [5.41, 5.74) is 0.497. The number of benzene rings is 1. The molecule has 0 bridgehead atoms. The summed E-state index contributed by atoms with van der Waals surface area (Å²) >= 11 is 0. The molecule has 0 aromatic heterocycles. The van der Waals surface area contributed by atoms with Crippen LogP contribution < -0.4 is 15.0 Å². The topological polar surface area (TPSA) is 57.2 Å². The van der Waals surface area contributed by atoms with Gasteiger partial charge < -0.3 is 9.64 Å². The van der Waals surface area contributed by atoms with Gasteiger partial charge in [0.15, 0.2) is 0 Å². The number of nitrogens with one attached hydrogen (secondary N) is 1. The Morgan fingerprint density at radius 1 is 1.09 bits per heavy atom. The monoisotopic (exact) mass is 438 g/mol. The fraction of sp³-hybridized carbons (Fsp3) is 0.692. The van der Waals surface area contributed by atoms with E-state index in [4.69, 9.17) is 9.73 Å².